The first-order valence-corrected chi connectivity index (χ1v) is 4.41. The molecule has 0 atom stereocenters. The van der Waals surface area contributed by atoms with Gasteiger partial charge in [-0.2, -0.15) is 5.26 Å². The van der Waals surface area contributed by atoms with Crippen molar-refractivity contribution in [2.24, 2.45) is 0 Å². The van der Waals surface area contributed by atoms with E-state index in [-0.39, 0.29) is 23.4 Å². The third-order valence-corrected chi connectivity index (χ3v) is 2.05. The molecule has 0 saturated heterocycles. The van der Waals surface area contributed by atoms with E-state index in [1.54, 1.807) is 0 Å². The summed E-state index contributed by atoms with van der Waals surface area (Å²) in [5.74, 6) is 0.0393. The molecule has 74 valence electrons. The third-order valence-electron chi connectivity index (χ3n) is 1.80. The van der Waals surface area contributed by atoms with Crippen LogP contribution in [-0.2, 0) is 12.3 Å². The van der Waals surface area contributed by atoms with Crippen LogP contribution in [-0.4, -0.2) is 4.98 Å². The van der Waals surface area contributed by atoms with Gasteiger partial charge in [-0.3, -0.25) is 4.98 Å². The zero-order valence-electron chi connectivity index (χ0n) is 7.17. The van der Waals surface area contributed by atoms with E-state index in [4.69, 9.17) is 16.9 Å². The van der Waals surface area contributed by atoms with Crippen LogP contribution < -0.4 is 0 Å². The summed E-state index contributed by atoms with van der Waals surface area (Å²) >= 11 is 5.53. The Bertz CT molecular complexity index is 360. The van der Waals surface area contributed by atoms with Gasteiger partial charge in [0.25, 0.3) is 6.43 Å². The molecule has 1 aromatic heterocycles. The highest BCUT2D eigenvalue weighted by molar-refractivity contribution is 6.17. The van der Waals surface area contributed by atoms with Gasteiger partial charge in [0, 0.05) is 11.8 Å². The molecule has 0 radical (unpaired) electrons. The summed E-state index contributed by atoms with van der Waals surface area (Å²) in [6.07, 6.45) is -1.40. The summed E-state index contributed by atoms with van der Waals surface area (Å²) in [6.45, 7) is 0. The molecule has 0 spiro atoms. The van der Waals surface area contributed by atoms with Crippen molar-refractivity contribution >= 4 is 11.6 Å². The van der Waals surface area contributed by atoms with E-state index in [1.165, 1.54) is 12.3 Å². The molecule has 0 amide bonds. The lowest BCUT2D eigenvalue weighted by atomic mass is 10.0. The van der Waals surface area contributed by atoms with Gasteiger partial charge in [-0.25, -0.2) is 8.78 Å². The van der Waals surface area contributed by atoms with Crippen molar-refractivity contribution in [1.29, 1.82) is 5.26 Å². The van der Waals surface area contributed by atoms with Crippen LogP contribution in [0, 0.1) is 11.3 Å². The number of rotatable bonds is 3. The van der Waals surface area contributed by atoms with Gasteiger partial charge < -0.3 is 0 Å². The first kappa shape index (κ1) is 10.9. The molecule has 0 aliphatic rings. The molecular formula is C9H7ClF2N2. The van der Waals surface area contributed by atoms with Crippen LogP contribution in [0.25, 0.3) is 0 Å². The number of halogens is 3. The van der Waals surface area contributed by atoms with Gasteiger partial charge in [-0.05, 0) is 11.6 Å². The standard InChI is InChI=1S/C9H7ClF2N2/c10-5-8-6(1-3-13)7(9(11)12)2-4-14-8/h2,4,9H,1,5H2. The molecule has 0 bridgehead atoms. The fourth-order valence-electron chi connectivity index (χ4n) is 1.16. The number of pyridine rings is 1. The van der Waals surface area contributed by atoms with E-state index < -0.39 is 6.43 Å². The number of aromatic nitrogens is 1. The topological polar surface area (TPSA) is 36.7 Å². The molecule has 14 heavy (non-hydrogen) atoms. The van der Waals surface area contributed by atoms with Gasteiger partial charge in [0.05, 0.1) is 24.1 Å². The van der Waals surface area contributed by atoms with E-state index >= 15 is 0 Å². The lowest BCUT2D eigenvalue weighted by Crippen LogP contribution is -2.01. The second-order valence-corrected chi connectivity index (χ2v) is 2.86. The molecule has 0 aromatic carbocycles. The molecule has 0 fully saturated rings. The quantitative estimate of drug-likeness (QED) is 0.729. The molecule has 0 aliphatic carbocycles. The molecule has 1 rings (SSSR count). The lowest BCUT2D eigenvalue weighted by Gasteiger charge is -2.08. The average molecular weight is 217 g/mol. The minimum absolute atomic E-state index is 0.0393. The molecule has 0 aliphatic heterocycles. The van der Waals surface area contributed by atoms with Crippen LogP contribution in [0.3, 0.4) is 0 Å². The van der Waals surface area contributed by atoms with Crippen molar-refractivity contribution in [1.82, 2.24) is 4.98 Å². The highest BCUT2D eigenvalue weighted by atomic mass is 35.5. The summed E-state index contributed by atoms with van der Waals surface area (Å²) < 4.78 is 25.0. The molecule has 5 heteroatoms. The molecule has 0 saturated carbocycles. The highest BCUT2D eigenvalue weighted by Gasteiger charge is 2.15. The normalized spacial score (nSPS) is 10.2. The lowest BCUT2D eigenvalue weighted by molar-refractivity contribution is 0.150. The van der Waals surface area contributed by atoms with Crippen LogP contribution >= 0.6 is 11.6 Å². The molecular weight excluding hydrogens is 210 g/mol. The van der Waals surface area contributed by atoms with E-state index in [9.17, 15) is 8.78 Å². The van der Waals surface area contributed by atoms with Crippen molar-refractivity contribution < 1.29 is 8.78 Å². The third kappa shape index (κ3) is 2.18. The monoisotopic (exact) mass is 216 g/mol. The Labute approximate surface area is 85.1 Å². The first-order valence-electron chi connectivity index (χ1n) is 3.88. The largest absolute Gasteiger partial charge is 0.264 e. The number of hydrogen-bond donors (Lipinski definition) is 0. The van der Waals surface area contributed by atoms with Gasteiger partial charge >= 0.3 is 0 Å². The zero-order valence-corrected chi connectivity index (χ0v) is 7.93. The Morgan fingerprint density at radius 3 is 2.79 bits per heavy atom. The van der Waals surface area contributed by atoms with Crippen molar-refractivity contribution in [3.05, 3.63) is 29.1 Å². The molecule has 0 N–H and O–H groups in total. The summed E-state index contributed by atoms with van der Waals surface area (Å²) in [5, 5.41) is 8.48. The Hall–Kier alpha value is -1.21. The first-order chi connectivity index (χ1) is 6.70. The smallest absolute Gasteiger partial charge is 0.260 e. The summed E-state index contributed by atoms with van der Waals surface area (Å²) in [6, 6.07) is 3.04. The van der Waals surface area contributed by atoms with Gasteiger partial charge in [-0.1, -0.05) is 0 Å². The second kappa shape index (κ2) is 4.87. The number of hydrogen-bond acceptors (Lipinski definition) is 2. The summed E-state index contributed by atoms with van der Waals surface area (Å²) in [4.78, 5) is 3.84. The van der Waals surface area contributed by atoms with Crippen LogP contribution in [0.2, 0.25) is 0 Å². The predicted molar refractivity (Wildman–Crippen MR) is 48.1 cm³/mol. The van der Waals surface area contributed by atoms with E-state index in [0.29, 0.717) is 5.69 Å². The SMILES string of the molecule is N#CCc1c(C(F)F)ccnc1CCl. The minimum atomic E-state index is -2.59. The van der Waals surface area contributed by atoms with Crippen LogP contribution in [0.4, 0.5) is 8.78 Å². The Balaban J connectivity index is 3.22. The zero-order chi connectivity index (χ0) is 10.6. The van der Waals surface area contributed by atoms with Crippen LogP contribution in [0.15, 0.2) is 12.3 Å². The summed E-state index contributed by atoms with van der Waals surface area (Å²) in [7, 11) is 0. The number of nitrogens with zero attached hydrogens (tertiary/aromatic N) is 2. The Kier molecular flexibility index (Phi) is 3.78. The van der Waals surface area contributed by atoms with Gasteiger partial charge in [0.2, 0.25) is 0 Å². The van der Waals surface area contributed by atoms with E-state index in [0.717, 1.165) is 0 Å². The molecule has 1 heterocycles. The second-order valence-electron chi connectivity index (χ2n) is 2.59. The van der Waals surface area contributed by atoms with Gasteiger partial charge in [0.15, 0.2) is 0 Å². The maximum atomic E-state index is 12.5. The highest BCUT2D eigenvalue weighted by Crippen LogP contribution is 2.25. The fourth-order valence-corrected chi connectivity index (χ4v) is 1.39. The average Bonchev–Trinajstić information content (AvgIpc) is 2.18. The molecule has 1 aromatic rings. The van der Waals surface area contributed by atoms with E-state index in [1.807, 2.05) is 6.07 Å². The van der Waals surface area contributed by atoms with Crippen LogP contribution in [0.1, 0.15) is 23.2 Å². The Morgan fingerprint density at radius 1 is 1.57 bits per heavy atom. The number of alkyl halides is 3. The maximum Gasteiger partial charge on any atom is 0.264 e. The molecule has 0 unspecified atom stereocenters. The van der Waals surface area contributed by atoms with Crippen molar-refractivity contribution in [2.75, 3.05) is 0 Å². The number of nitriles is 1. The fraction of sp³-hybridized carbons (Fsp3) is 0.333. The molecule has 2 nitrogen and oxygen atoms in total. The Morgan fingerprint density at radius 2 is 2.29 bits per heavy atom. The van der Waals surface area contributed by atoms with Crippen molar-refractivity contribution in [2.45, 2.75) is 18.7 Å². The minimum Gasteiger partial charge on any atom is -0.260 e. The van der Waals surface area contributed by atoms with Gasteiger partial charge in [0.1, 0.15) is 0 Å². The van der Waals surface area contributed by atoms with Crippen molar-refractivity contribution in [3.63, 3.8) is 0 Å². The predicted octanol–water partition coefficient (Wildman–Crippen LogP) is 2.82. The van der Waals surface area contributed by atoms with Gasteiger partial charge in [-0.15, -0.1) is 11.6 Å². The summed E-state index contributed by atoms with van der Waals surface area (Å²) in [5.41, 5.74) is 0.447. The maximum absolute atomic E-state index is 12.5. The van der Waals surface area contributed by atoms with E-state index in [2.05, 4.69) is 4.98 Å². The van der Waals surface area contributed by atoms with Crippen molar-refractivity contribution in [3.8, 4) is 6.07 Å². The van der Waals surface area contributed by atoms with Crippen LogP contribution in [0.5, 0.6) is 0 Å².